The van der Waals surface area contributed by atoms with Crippen LogP contribution < -0.4 is 5.32 Å². The molecular formula is C19H19N5O3S. The number of aryl methyl sites for hydroxylation is 1. The molecule has 0 saturated heterocycles. The van der Waals surface area contributed by atoms with Crippen molar-refractivity contribution in [2.45, 2.75) is 30.7 Å². The summed E-state index contributed by atoms with van der Waals surface area (Å²) in [5, 5.41) is 20.5. The van der Waals surface area contributed by atoms with Crippen molar-refractivity contribution in [3.05, 3.63) is 64.2 Å². The van der Waals surface area contributed by atoms with E-state index in [0.717, 1.165) is 12.0 Å². The van der Waals surface area contributed by atoms with Gasteiger partial charge in [0.15, 0.2) is 5.82 Å². The zero-order valence-corrected chi connectivity index (χ0v) is 16.2. The number of carbonyl (C=O) groups is 1. The molecule has 3 rings (SSSR count). The highest BCUT2D eigenvalue weighted by molar-refractivity contribution is 8.00. The van der Waals surface area contributed by atoms with Gasteiger partial charge < -0.3 is 5.32 Å². The molecule has 1 atom stereocenters. The van der Waals surface area contributed by atoms with Crippen LogP contribution in [0.5, 0.6) is 0 Å². The molecule has 2 aromatic carbocycles. The molecule has 28 heavy (non-hydrogen) atoms. The molecule has 0 spiro atoms. The summed E-state index contributed by atoms with van der Waals surface area (Å²) < 4.78 is 0. The van der Waals surface area contributed by atoms with Crippen LogP contribution in [-0.2, 0) is 11.2 Å². The molecule has 8 nitrogen and oxygen atoms in total. The number of thioether (sulfide) groups is 1. The highest BCUT2D eigenvalue weighted by Gasteiger charge is 2.18. The molecule has 0 aliphatic carbocycles. The minimum absolute atomic E-state index is 0.0780. The Morgan fingerprint density at radius 2 is 2.04 bits per heavy atom. The molecule has 2 N–H and O–H groups in total. The molecule has 0 aliphatic rings. The zero-order valence-electron chi connectivity index (χ0n) is 15.4. The van der Waals surface area contributed by atoms with Gasteiger partial charge in [-0.15, -0.1) is 5.10 Å². The van der Waals surface area contributed by atoms with Crippen molar-refractivity contribution >= 4 is 29.0 Å². The largest absolute Gasteiger partial charge is 0.325 e. The lowest BCUT2D eigenvalue weighted by molar-refractivity contribution is -0.384. The van der Waals surface area contributed by atoms with Gasteiger partial charge in [0.25, 0.3) is 5.69 Å². The number of aromatic nitrogens is 3. The Morgan fingerprint density at radius 1 is 1.29 bits per heavy atom. The number of nitro benzene ring substituents is 1. The molecule has 0 aliphatic heterocycles. The number of nitrogens with one attached hydrogen (secondary N) is 2. The summed E-state index contributed by atoms with van der Waals surface area (Å²) in [4.78, 5) is 27.1. The first-order chi connectivity index (χ1) is 13.5. The number of H-pyrrole nitrogens is 1. The first-order valence-electron chi connectivity index (χ1n) is 8.70. The number of hydrogen-bond donors (Lipinski definition) is 2. The number of rotatable bonds is 7. The predicted molar refractivity (Wildman–Crippen MR) is 108 cm³/mol. The molecule has 3 aromatic rings. The fourth-order valence-electron chi connectivity index (χ4n) is 2.48. The molecule has 1 unspecified atom stereocenters. The Bertz CT molecular complexity index is 987. The maximum absolute atomic E-state index is 12.4. The van der Waals surface area contributed by atoms with E-state index in [-0.39, 0.29) is 11.6 Å². The van der Waals surface area contributed by atoms with Crippen LogP contribution in [0.2, 0.25) is 0 Å². The second-order valence-corrected chi connectivity index (χ2v) is 7.38. The van der Waals surface area contributed by atoms with Crippen LogP contribution >= 0.6 is 11.8 Å². The van der Waals surface area contributed by atoms with Gasteiger partial charge in [0, 0.05) is 23.4 Å². The Hall–Kier alpha value is -3.20. The van der Waals surface area contributed by atoms with E-state index in [1.54, 1.807) is 13.0 Å². The van der Waals surface area contributed by atoms with E-state index in [1.165, 1.54) is 35.5 Å². The second-order valence-electron chi connectivity index (χ2n) is 6.07. The monoisotopic (exact) mass is 397 g/mol. The molecule has 0 bridgehead atoms. The van der Waals surface area contributed by atoms with Crippen molar-refractivity contribution in [3.8, 4) is 11.4 Å². The van der Waals surface area contributed by atoms with Gasteiger partial charge in [0.2, 0.25) is 11.1 Å². The fraction of sp³-hybridized carbons (Fsp3) is 0.211. The quantitative estimate of drug-likeness (QED) is 0.353. The van der Waals surface area contributed by atoms with Crippen LogP contribution in [0.15, 0.2) is 53.7 Å². The Labute approximate surface area is 165 Å². The van der Waals surface area contributed by atoms with Gasteiger partial charge in [-0.25, -0.2) is 4.98 Å². The first-order valence-corrected chi connectivity index (χ1v) is 9.58. The van der Waals surface area contributed by atoms with E-state index in [9.17, 15) is 14.9 Å². The SMILES string of the molecule is CCc1ccc(-c2nc(SC(C)C(=O)Nc3cccc([N+](=O)[O-])c3)n[nH]2)cc1. The summed E-state index contributed by atoms with van der Waals surface area (Å²) >= 11 is 1.21. The van der Waals surface area contributed by atoms with Crippen LogP contribution in [0.25, 0.3) is 11.4 Å². The smallest absolute Gasteiger partial charge is 0.271 e. The van der Waals surface area contributed by atoms with Crippen LogP contribution in [0.3, 0.4) is 0 Å². The molecule has 0 fully saturated rings. The van der Waals surface area contributed by atoms with E-state index >= 15 is 0 Å². The molecule has 1 amide bonds. The third-order valence-corrected chi connectivity index (χ3v) is 5.04. The number of nitro groups is 1. The van der Waals surface area contributed by atoms with E-state index in [0.29, 0.717) is 16.7 Å². The number of nitrogens with zero attached hydrogens (tertiary/aromatic N) is 3. The number of carbonyl (C=O) groups excluding carboxylic acids is 1. The first kappa shape index (κ1) is 19.6. The average molecular weight is 397 g/mol. The van der Waals surface area contributed by atoms with E-state index < -0.39 is 10.2 Å². The molecular weight excluding hydrogens is 378 g/mol. The predicted octanol–water partition coefficient (Wildman–Crippen LogP) is 4.06. The fourth-order valence-corrected chi connectivity index (χ4v) is 3.20. The Morgan fingerprint density at radius 3 is 2.71 bits per heavy atom. The number of amides is 1. The highest BCUT2D eigenvalue weighted by atomic mass is 32.2. The van der Waals surface area contributed by atoms with E-state index in [2.05, 4.69) is 27.4 Å². The van der Waals surface area contributed by atoms with Crippen LogP contribution in [-0.4, -0.2) is 31.3 Å². The topological polar surface area (TPSA) is 114 Å². The standard InChI is InChI=1S/C19H19N5O3S/c1-3-13-7-9-14(10-8-13)17-21-19(23-22-17)28-12(2)18(25)20-15-5-4-6-16(11-15)24(26)27/h4-12H,3H2,1-2H3,(H,20,25)(H,21,22,23). The van der Waals surface area contributed by atoms with Crippen molar-refractivity contribution in [2.24, 2.45) is 0 Å². The van der Waals surface area contributed by atoms with Crippen molar-refractivity contribution < 1.29 is 9.72 Å². The summed E-state index contributed by atoms with van der Waals surface area (Å²) in [7, 11) is 0. The van der Waals surface area contributed by atoms with Crippen molar-refractivity contribution in [1.29, 1.82) is 0 Å². The van der Waals surface area contributed by atoms with Gasteiger partial charge in [0.05, 0.1) is 10.2 Å². The molecule has 144 valence electrons. The molecule has 1 aromatic heterocycles. The molecule has 9 heteroatoms. The number of anilines is 1. The third kappa shape index (κ3) is 4.74. The van der Waals surface area contributed by atoms with Gasteiger partial charge in [-0.1, -0.05) is 49.0 Å². The highest BCUT2D eigenvalue weighted by Crippen LogP contribution is 2.24. The van der Waals surface area contributed by atoms with Crippen LogP contribution in [0.4, 0.5) is 11.4 Å². The van der Waals surface area contributed by atoms with Gasteiger partial charge in [-0.05, 0) is 25.0 Å². The van der Waals surface area contributed by atoms with Gasteiger partial charge >= 0.3 is 0 Å². The zero-order chi connectivity index (χ0) is 20.1. The summed E-state index contributed by atoms with van der Waals surface area (Å²) in [6.45, 7) is 3.82. The lowest BCUT2D eigenvalue weighted by Gasteiger charge is -2.09. The number of hydrogen-bond acceptors (Lipinski definition) is 6. The van der Waals surface area contributed by atoms with Gasteiger partial charge in [0.1, 0.15) is 0 Å². The molecule has 0 saturated carbocycles. The van der Waals surface area contributed by atoms with E-state index in [4.69, 9.17) is 0 Å². The summed E-state index contributed by atoms with van der Waals surface area (Å²) in [5.74, 6) is 0.348. The third-order valence-electron chi connectivity index (χ3n) is 4.08. The maximum atomic E-state index is 12.4. The van der Waals surface area contributed by atoms with Gasteiger partial charge in [-0.2, -0.15) is 0 Å². The van der Waals surface area contributed by atoms with Crippen LogP contribution in [0.1, 0.15) is 19.4 Å². The van der Waals surface area contributed by atoms with Crippen molar-refractivity contribution in [3.63, 3.8) is 0 Å². The number of non-ortho nitro benzene ring substituents is 1. The second kappa shape index (κ2) is 8.66. The minimum atomic E-state index is -0.504. The minimum Gasteiger partial charge on any atom is -0.325 e. The number of benzene rings is 2. The van der Waals surface area contributed by atoms with E-state index in [1.807, 2.05) is 24.3 Å². The molecule has 0 radical (unpaired) electrons. The normalized spacial score (nSPS) is 11.8. The number of aromatic amines is 1. The maximum Gasteiger partial charge on any atom is 0.271 e. The Balaban J connectivity index is 1.63. The van der Waals surface area contributed by atoms with Crippen molar-refractivity contribution in [2.75, 3.05) is 5.32 Å². The lowest BCUT2D eigenvalue weighted by atomic mass is 10.1. The Kier molecular flexibility index (Phi) is 6.05. The summed E-state index contributed by atoms with van der Waals surface area (Å²) in [5.41, 5.74) is 2.46. The van der Waals surface area contributed by atoms with Gasteiger partial charge in [-0.3, -0.25) is 20.0 Å². The average Bonchev–Trinajstić information content (AvgIpc) is 3.16. The molecule has 1 heterocycles. The van der Waals surface area contributed by atoms with Crippen molar-refractivity contribution in [1.82, 2.24) is 15.2 Å². The van der Waals surface area contributed by atoms with Crippen LogP contribution in [0, 0.1) is 10.1 Å². The summed E-state index contributed by atoms with van der Waals surface area (Å²) in [6.07, 6.45) is 0.967. The lowest BCUT2D eigenvalue weighted by Crippen LogP contribution is -2.22. The summed E-state index contributed by atoms with van der Waals surface area (Å²) in [6, 6.07) is 13.9.